The van der Waals surface area contributed by atoms with Gasteiger partial charge < -0.3 is 0 Å². The molecule has 0 radical (unpaired) electrons. The molecule has 0 atom stereocenters. The van der Waals surface area contributed by atoms with Crippen molar-refractivity contribution in [1.82, 2.24) is 0 Å². The molecule has 24 heavy (non-hydrogen) atoms. The van der Waals surface area contributed by atoms with Crippen LogP contribution in [0.5, 0.6) is 0 Å². The number of hydrogen-bond acceptors (Lipinski definition) is 0. The van der Waals surface area contributed by atoms with Gasteiger partial charge in [0.15, 0.2) is 0 Å². The summed E-state index contributed by atoms with van der Waals surface area (Å²) in [6.07, 6.45) is 0. The summed E-state index contributed by atoms with van der Waals surface area (Å²) in [5, 5.41) is 0. The van der Waals surface area contributed by atoms with Gasteiger partial charge in [0.2, 0.25) is 0 Å². The van der Waals surface area contributed by atoms with Crippen molar-refractivity contribution >= 4 is 30.7 Å². The van der Waals surface area contributed by atoms with Gasteiger partial charge >= 0.3 is 133 Å². The van der Waals surface area contributed by atoms with E-state index in [1.165, 1.54) is 10.5 Å². The van der Waals surface area contributed by atoms with Crippen molar-refractivity contribution in [3.63, 3.8) is 0 Å². The van der Waals surface area contributed by atoms with Gasteiger partial charge in [-0.05, 0) is 0 Å². The van der Waals surface area contributed by atoms with Gasteiger partial charge in [-0.15, -0.1) is 0 Å². The molecule has 0 heterocycles. The van der Waals surface area contributed by atoms with E-state index in [2.05, 4.69) is 84.9 Å². The standard InChI is InChI=1S/2C6H5.C5H5.C5H4.Fe.Sb/c2*1-2-4-6-5-3-1;2*1-2-4-5-3-1;;/h2*1-5H;1-5H;1-4H;;/q;;2*-1;+2;. The zero-order valence-corrected chi connectivity index (χ0v) is 16.9. The van der Waals surface area contributed by atoms with Crippen LogP contribution in [0.2, 0.25) is 0 Å². The summed E-state index contributed by atoms with van der Waals surface area (Å²) in [5.74, 6) is 0. The summed E-state index contributed by atoms with van der Waals surface area (Å²) < 4.78 is 4.59. The van der Waals surface area contributed by atoms with Crippen LogP contribution in [-0.2, 0) is 17.1 Å². The van der Waals surface area contributed by atoms with Crippen LogP contribution in [0, 0.1) is 0 Å². The zero-order chi connectivity index (χ0) is 15.7. The fourth-order valence-corrected chi connectivity index (χ4v) is 9.01. The Morgan fingerprint density at radius 2 is 1.04 bits per heavy atom. The Bertz CT molecular complexity index is 703. The summed E-state index contributed by atoms with van der Waals surface area (Å²) in [7, 11) is 0. The molecular weight excluding hydrogens is 442 g/mol. The Morgan fingerprint density at radius 1 is 0.583 bits per heavy atom. The first-order valence-corrected chi connectivity index (χ1v) is 11.6. The van der Waals surface area contributed by atoms with Crippen LogP contribution < -0.4 is 10.5 Å². The van der Waals surface area contributed by atoms with Gasteiger partial charge in [-0.3, -0.25) is 0 Å². The predicted octanol–water partition coefficient (Wildman–Crippen LogP) is 3.32. The second-order valence-electron chi connectivity index (χ2n) is 5.11. The third-order valence-corrected chi connectivity index (χ3v) is 10.5. The molecule has 0 nitrogen and oxygen atoms in total. The van der Waals surface area contributed by atoms with E-state index in [1.54, 1.807) is 0 Å². The van der Waals surface area contributed by atoms with Gasteiger partial charge in [-0.2, -0.15) is 18.2 Å². The zero-order valence-electron chi connectivity index (χ0n) is 13.3. The van der Waals surface area contributed by atoms with Gasteiger partial charge in [0.05, 0.1) is 0 Å². The van der Waals surface area contributed by atoms with Crippen LogP contribution in [0.25, 0.3) is 0 Å². The summed E-state index contributed by atoms with van der Waals surface area (Å²) in [6.45, 7) is 0. The monoisotopic (exact) mass is 460 g/mol. The molecule has 0 aromatic heterocycles. The van der Waals surface area contributed by atoms with Crippen molar-refractivity contribution in [1.29, 1.82) is 0 Å². The number of benzene rings is 2. The molecule has 0 N–H and O–H groups in total. The van der Waals surface area contributed by atoms with E-state index in [9.17, 15) is 0 Å². The molecule has 0 bridgehead atoms. The molecule has 0 aliphatic carbocycles. The van der Waals surface area contributed by atoms with Gasteiger partial charge in [0.25, 0.3) is 0 Å². The molecule has 120 valence electrons. The van der Waals surface area contributed by atoms with E-state index in [0.717, 1.165) is 0 Å². The Balaban J connectivity index is 0.000000300. The minimum atomic E-state index is -1.77. The molecule has 0 unspecified atom stereocenters. The average molecular weight is 461 g/mol. The van der Waals surface area contributed by atoms with E-state index < -0.39 is 20.2 Å². The Kier molecular flexibility index (Phi) is 8.12. The van der Waals surface area contributed by atoms with E-state index in [1.807, 2.05) is 30.3 Å². The fraction of sp³-hybridized carbons (Fsp3) is 0. The molecule has 4 aromatic carbocycles. The molecule has 0 spiro atoms. The van der Waals surface area contributed by atoms with E-state index in [4.69, 9.17) is 0 Å². The molecule has 0 saturated carbocycles. The fourth-order valence-electron chi connectivity index (χ4n) is 2.44. The van der Waals surface area contributed by atoms with Gasteiger partial charge in [-0.25, -0.2) is 12.1 Å². The Labute approximate surface area is 162 Å². The summed E-state index contributed by atoms with van der Waals surface area (Å²) in [4.78, 5) is 0. The molecule has 0 saturated heterocycles. The first-order chi connectivity index (χ1) is 11.4. The van der Waals surface area contributed by atoms with Crippen molar-refractivity contribution in [3.05, 3.63) is 115 Å². The first-order valence-electron chi connectivity index (χ1n) is 7.74. The third kappa shape index (κ3) is 5.25. The third-order valence-electron chi connectivity index (χ3n) is 3.49. The van der Waals surface area contributed by atoms with Crippen LogP contribution in [-0.4, -0.2) is 20.2 Å². The van der Waals surface area contributed by atoms with Crippen LogP contribution in [0.3, 0.4) is 0 Å². The molecule has 0 aliphatic heterocycles. The maximum atomic E-state index is 2.28. The van der Waals surface area contributed by atoms with Crippen molar-refractivity contribution in [3.8, 4) is 0 Å². The van der Waals surface area contributed by atoms with Crippen molar-refractivity contribution in [2.24, 2.45) is 0 Å². The topological polar surface area (TPSA) is 0 Å². The molecule has 0 fully saturated rings. The van der Waals surface area contributed by atoms with Gasteiger partial charge in [0.1, 0.15) is 0 Å². The van der Waals surface area contributed by atoms with Gasteiger partial charge in [-0.1, -0.05) is 0 Å². The normalized spacial score (nSPS) is 9.71. The number of hydrogen-bond donors (Lipinski definition) is 0. The molecule has 4 aromatic rings. The summed E-state index contributed by atoms with van der Waals surface area (Å²) >= 11 is -1.77. The number of rotatable bonds is 3. The SMILES string of the molecule is [Fe+2].c1cc[cH-]c1.c1cc[c]([Sb]([c]2ccccc2)[c-]2cccc2)cc1. The van der Waals surface area contributed by atoms with Crippen molar-refractivity contribution < 1.29 is 17.1 Å². The molecule has 4 rings (SSSR count). The predicted molar refractivity (Wildman–Crippen MR) is 102 cm³/mol. The molecular formula is C22H19FeSb. The van der Waals surface area contributed by atoms with Crippen LogP contribution in [0.4, 0.5) is 0 Å². The Hall–Kier alpha value is -1.52. The second-order valence-corrected chi connectivity index (χ2v) is 11.4. The van der Waals surface area contributed by atoms with Crippen molar-refractivity contribution in [2.45, 2.75) is 0 Å². The van der Waals surface area contributed by atoms with Crippen LogP contribution >= 0.6 is 0 Å². The molecule has 2 heteroatoms. The summed E-state index contributed by atoms with van der Waals surface area (Å²) in [6, 6.07) is 40.8. The van der Waals surface area contributed by atoms with Crippen LogP contribution in [0.1, 0.15) is 0 Å². The van der Waals surface area contributed by atoms with E-state index >= 15 is 0 Å². The van der Waals surface area contributed by atoms with Crippen LogP contribution in [0.15, 0.2) is 115 Å². The van der Waals surface area contributed by atoms with Gasteiger partial charge in [0, 0.05) is 0 Å². The second kappa shape index (κ2) is 10.4. The minimum absolute atomic E-state index is 0. The summed E-state index contributed by atoms with van der Waals surface area (Å²) in [5.41, 5.74) is 0. The van der Waals surface area contributed by atoms with E-state index in [-0.39, 0.29) is 17.1 Å². The quantitative estimate of drug-likeness (QED) is 0.325. The maximum absolute atomic E-state index is 2.28. The van der Waals surface area contributed by atoms with Crippen molar-refractivity contribution in [2.75, 3.05) is 0 Å². The average Bonchev–Trinajstić information content (AvgIpc) is 3.34. The molecule has 0 aliphatic rings. The molecule has 0 amide bonds. The Morgan fingerprint density at radius 3 is 1.42 bits per heavy atom. The van der Waals surface area contributed by atoms with E-state index in [0.29, 0.717) is 0 Å². The first kappa shape index (κ1) is 18.8.